The Morgan fingerprint density at radius 3 is 2.94 bits per heavy atom. The number of nitrogens with zero attached hydrogens (tertiary/aromatic N) is 1. The van der Waals surface area contributed by atoms with Crippen LogP contribution in [0.3, 0.4) is 0 Å². The van der Waals surface area contributed by atoms with Crippen molar-refractivity contribution in [3.05, 3.63) is 30.1 Å². The fourth-order valence-electron chi connectivity index (χ4n) is 2.17. The smallest absolute Gasteiger partial charge is 0.315 e. The van der Waals surface area contributed by atoms with Gasteiger partial charge in [-0.05, 0) is 30.9 Å². The van der Waals surface area contributed by atoms with Gasteiger partial charge in [-0.2, -0.15) is 0 Å². The molecule has 1 aromatic rings. The molecule has 92 valence electrons. The van der Waals surface area contributed by atoms with Gasteiger partial charge < -0.3 is 10.6 Å². The molecule has 4 nitrogen and oxygen atoms in total. The van der Waals surface area contributed by atoms with Crippen LogP contribution in [0.25, 0.3) is 0 Å². The fourth-order valence-corrected chi connectivity index (χ4v) is 2.17. The van der Waals surface area contributed by atoms with E-state index in [1.807, 2.05) is 18.3 Å². The van der Waals surface area contributed by atoms with E-state index in [0.29, 0.717) is 12.6 Å². The number of carbonyl (C=O) groups is 1. The molecule has 1 fully saturated rings. The quantitative estimate of drug-likeness (QED) is 0.834. The maximum Gasteiger partial charge on any atom is 0.315 e. The third-order valence-corrected chi connectivity index (χ3v) is 3.11. The zero-order valence-corrected chi connectivity index (χ0v) is 9.98. The highest BCUT2D eigenvalue weighted by molar-refractivity contribution is 5.74. The van der Waals surface area contributed by atoms with Gasteiger partial charge in [0.05, 0.1) is 0 Å². The molecule has 1 aliphatic rings. The Morgan fingerprint density at radius 2 is 2.24 bits per heavy atom. The molecule has 2 N–H and O–H groups in total. The maximum absolute atomic E-state index is 11.6. The lowest BCUT2D eigenvalue weighted by atomic mass is 10.2. The summed E-state index contributed by atoms with van der Waals surface area (Å²) in [4.78, 5) is 15.6. The molecule has 2 amide bonds. The third kappa shape index (κ3) is 4.06. The average molecular weight is 233 g/mol. The first-order chi connectivity index (χ1) is 8.34. The van der Waals surface area contributed by atoms with Gasteiger partial charge in [-0.1, -0.05) is 18.9 Å². The number of amides is 2. The van der Waals surface area contributed by atoms with Crippen LogP contribution in [0.4, 0.5) is 4.79 Å². The number of pyridine rings is 1. The highest BCUT2D eigenvalue weighted by Crippen LogP contribution is 2.17. The second kappa shape index (κ2) is 6.23. The Balaban J connectivity index is 1.63. The molecule has 0 unspecified atom stereocenters. The highest BCUT2D eigenvalue weighted by atomic mass is 16.2. The Hall–Kier alpha value is -1.58. The van der Waals surface area contributed by atoms with Crippen LogP contribution in [-0.2, 0) is 6.42 Å². The topological polar surface area (TPSA) is 54.0 Å². The largest absolute Gasteiger partial charge is 0.338 e. The van der Waals surface area contributed by atoms with Crippen LogP contribution in [0.1, 0.15) is 31.2 Å². The van der Waals surface area contributed by atoms with Gasteiger partial charge in [0.15, 0.2) is 0 Å². The van der Waals surface area contributed by atoms with Crippen LogP contribution in [-0.4, -0.2) is 23.6 Å². The Labute approximate surface area is 102 Å². The van der Waals surface area contributed by atoms with E-state index < -0.39 is 0 Å². The van der Waals surface area contributed by atoms with Gasteiger partial charge in [-0.25, -0.2) is 4.79 Å². The van der Waals surface area contributed by atoms with E-state index in [9.17, 15) is 4.79 Å². The zero-order valence-electron chi connectivity index (χ0n) is 9.98. The Bertz CT molecular complexity index is 347. The first-order valence-corrected chi connectivity index (χ1v) is 6.28. The summed E-state index contributed by atoms with van der Waals surface area (Å²) in [6.07, 6.45) is 9.12. The SMILES string of the molecule is O=C(NCCc1cccnc1)NC1CCCC1. The van der Waals surface area contributed by atoms with Gasteiger partial charge in [-0.3, -0.25) is 4.98 Å². The molecular formula is C13H19N3O. The molecule has 1 heterocycles. The number of carbonyl (C=O) groups excluding carboxylic acids is 1. The summed E-state index contributed by atoms with van der Waals surface area (Å²) in [5.74, 6) is 0. The molecule has 17 heavy (non-hydrogen) atoms. The molecule has 0 aromatic carbocycles. The normalized spacial score (nSPS) is 15.8. The summed E-state index contributed by atoms with van der Waals surface area (Å²) in [6.45, 7) is 0.657. The molecule has 1 aliphatic carbocycles. The van der Waals surface area contributed by atoms with Gasteiger partial charge >= 0.3 is 6.03 Å². The summed E-state index contributed by atoms with van der Waals surface area (Å²) in [5.41, 5.74) is 1.15. The van der Waals surface area contributed by atoms with E-state index >= 15 is 0 Å². The maximum atomic E-state index is 11.6. The number of hydrogen-bond donors (Lipinski definition) is 2. The highest BCUT2D eigenvalue weighted by Gasteiger charge is 2.16. The lowest BCUT2D eigenvalue weighted by molar-refractivity contribution is 0.237. The average Bonchev–Trinajstić information content (AvgIpc) is 2.83. The molecule has 4 heteroatoms. The van der Waals surface area contributed by atoms with E-state index in [4.69, 9.17) is 0 Å². The number of aromatic nitrogens is 1. The second-order valence-corrected chi connectivity index (χ2v) is 4.49. The lowest BCUT2D eigenvalue weighted by Gasteiger charge is -2.12. The molecule has 0 saturated heterocycles. The van der Waals surface area contributed by atoms with Crippen LogP contribution >= 0.6 is 0 Å². The summed E-state index contributed by atoms with van der Waals surface area (Å²) in [6, 6.07) is 4.27. The summed E-state index contributed by atoms with van der Waals surface area (Å²) >= 11 is 0. The second-order valence-electron chi connectivity index (χ2n) is 4.49. The molecule has 1 aromatic heterocycles. The molecule has 0 aliphatic heterocycles. The van der Waals surface area contributed by atoms with Gasteiger partial charge in [0, 0.05) is 25.0 Å². The van der Waals surface area contributed by atoms with E-state index in [2.05, 4.69) is 15.6 Å². The molecular weight excluding hydrogens is 214 g/mol. The molecule has 0 radical (unpaired) electrons. The van der Waals surface area contributed by atoms with Crippen molar-refractivity contribution < 1.29 is 4.79 Å². The summed E-state index contributed by atoms with van der Waals surface area (Å²) in [5, 5.41) is 5.88. The third-order valence-electron chi connectivity index (χ3n) is 3.11. The van der Waals surface area contributed by atoms with Crippen molar-refractivity contribution in [3.8, 4) is 0 Å². The standard InChI is InChI=1S/C13H19N3O/c17-13(16-12-5-1-2-6-12)15-9-7-11-4-3-8-14-10-11/h3-4,8,10,12H,1-2,5-7,9H2,(H2,15,16,17). The van der Waals surface area contributed by atoms with Crippen molar-refractivity contribution in [3.63, 3.8) is 0 Å². The van der Waals surface area contributed by atoms with Gasteiger partial charge in [0.2, 0.25) is 0 Å². The van der Waals surface area contributed by atoms with Crippen molar-refractivity contribution in [2.45, 2.75) is 38.1 Å². The first-order valence-electron chi connectivity index (χ1n) is 6.28. The predicted molar refractivity (Wildman–Crippen MR) is 66.7 cm³/mol. The molecule has 2 rings (SSSR count). The van der Waals surface area contributed by atoms with Crippen LogP contribution < -0.4 is 10.6 Å². The molecule has 1 saturated carbocycles. The van der Waals surface area contributed by atoms with Gasteiger partial charge in [-0.15, -0.1) is 0 Å². The van der Waals surface area contributed by atoms with Crippen molar-refractivity contribution in [2.24, 2.45) is 0 Å². The minimum atomic E-state index is -0.0409. The van der Waals surface area contributed by atoms with E-state index in [1.165, 1.54) is 12.8 Å². The Kier molecular flexibility index (Phi) is 4.36. The first kappa shape index (κ1) is 11.9. The van der Waals surface area contributed by atoms with Crippen LogP contribution in [0.15, 0.2) is 24.5 Å². The van der Waals surface area contributed by atoms with Crippen LogP contribution in [0.2, 0.25) is 0 Å². The predicted octanol–water partition coefficient (Wildman–Crippen LogP) is 1.87. The minimum absolute atomic E-state index is 0.0409. The number of urea groups is 1. The van der Waals surface area contributed by atoms with Crippen molar-refractivity contribution in [1.29, 1.82) is 0 Å². The molecule has 0 spiro atoms. The molecule has 0 bridgehead atoms. The summed E-state index contributed by atoms with van der Waals surface area (Å²) in [7, 11) is 0. The lowest BCUT2D eigenvalue weighted by Crippen LogP contribution is -2.41. The van der Waals surface area contributed by atoms with Gasteiger partial charge in [0.25, 0.3) is 0 Å². The van der Waals surface area contributed by atoms with Gasteiger partial charge in [0.1, 0.15) is 0 Å². The van der Waals surface area contributed by atoms with E-state index in [0.717, 1.165) is 24.8 Å². The number of rotatable bonds is 4. The zero-order chi connectivity index (χ0) is 11.9. The van der Waals surface area contributed by atoms with Crippen molar-refractivity contribution in [1.82, 2.24) is 15.6 Å². The van der Waals surface area contributed by atoms with E-state index in [1.54, 1.807) is 6.20 Å². The van der Waals surface area contributed by atoms with Crippen LogP contribution in [0.5, 0.6) is 0 Å². The van der Waals surface area contributed by atoms with E-state index in [-0.39, 0.29) is 6.03 Å². The van der Waals surface area contributed by atoms with Crippen molar-refractivity contribution >= 4 is 6.03 Å². The monoisotopic (exact) mass is 233 g/mol. The van der Waals surface area contributed by atoms with Crippen LogP contribution in [0, 0.1) is 0 Å². The Morgan fingerprint density at radius 1 is 1.41 bits per heavy atom. The summed E-state index contributed by atoms with van der Waals surface area (Å²) < 4.78 is 0. The molecule has 0 atom stereocenters. The fraction of sp³-hybridized carbons (Fsp3) is 0.538. The minimum Gasteiger partial charge on any atom is -0.338 e. The number of nitrogens with one attached hydrogen (secondary N) is 2. The van der Waals surface area contributed by atoms with Crippen molar-refractivity contribution in [2.75, 3.05) is 6.54 Å². The number of hydrogen-bond acceptors (Lipinski definition) is 2.